The molecule has 0 spiro atoms. The molecule has 1 fully saturated rings. The molecule has 178 valence electrons. The summed E-state index contributed by atoms with van der Waals surface area (Å²) in [6.07, 6.45) is -4.83. The van der Waals surface area contributed by atoms with Crippen molar-refractivity contribution in [3.8, 4) is 6.07 Å². The van der Waals surface area contributed by atoms with E-state index in [1.54, 1.807) is 0 Å². The number of likely N-dealkylation sites (N-methyl/N-ethyl adjacent to an activating group) is 1. The van der Waals surface area contributed by atoms with Gasteiger partial charge in [-0.2, -0.15) is 18.4 Å². The Labute approximate surface area is 194 Å². The minimum absolute atomic E-state index is 0.0444. The second kappa shape index (κ2) is 9.32. The molecule has 0 saturated carbocycles. The number of aryl methyl sites for hydroxylation is 1. The van der Waals surface area contributed by atoms with E-state index in [-0.39, 0.29) is 18.7 Å². The van der Waals surface area contributed by atoms with E-state index in [2.05, 4.69) is 15.0 Å². The van der Waals surface area contributed by atoms with Crippen molar-refractivity contribution in [2.24, 2.45) is 5.11 Å². The Morgan fingerprint density at radius 2 is 2.03 bits per heavy atom. The maximum atomic E-state index is 14.4. The number of hydrogen-bond donors (Lipinski definition) is 0. The van der Waals surface area contributed by atoms with Crippen LogP contribution < -0.4 is 9.80 Å². The number of carbonyl (C=O) groups excluding carboxylic acids is 1. The Kier molecular flexibility index (Phi) is 6.86. The van der Waals surface area contributed by atoms with Gasteiger partial charge in [-0.05, 0) is 31.0 Å². The van der Waals surface area contributed by atoms with E-state index in [1.165, 1.54) is 13.0 Å². The van der Waals surface area contributed by atoms with Gasteiger partial charge in [0, 0.05) is 30.3 Å². The Morgan fingerprint density at radius 1 is 1.35 bits per heavy atom. The third kappa shape index (κ3) is 4.55. The molecule has 1 aliphatic rings. The molecule has 0 radical (unpaired) electrons. The molecule has 2 heterocycles. The van der Waals surface area contributed by atoms with Crippen molar-refractivity contribution in [1.29, 1.82) is 5.26 Å². The fourth-order valence-electron chi connectivity index (χ4n) is 3.78. The van der Waals surface area contributed by atoms with Gasteiger partial charge in [-0.15, -0.1) is 0 Å². The summed E-state index contributed by atoms with van der Waals surface area (Å²) >= 11 is 5.71. The third-order valence-corrected chi connectivity index (χ3v) is 5.61. The number of hydrogen-bond acceptors (Lipinski definition) is 5. The molecule has 2 atom stereocenters. The van der Waals surface area contributed by atoms with Crippen LogP contribution in [0.5, 0.6) is 0 Å². The molecule has 0 N–H and O–H groups in total. The van der Waals surface area contributed by atoms with Crippen LogP contribution in [0, 0.1) is 29.9 Å². The number of rotatable bonds is 4. The maximum Gasteiger partial charge on any atom is 0.417 e. The number of carbonyl (C=O) groups is 1. The molecule has 0 aliphatic carbocycles. The van der Waals surface area contributed by atoms with Crippen LogP contribution in [0.15, 0.2) is 23.3 Å². The molecule has 0 unspecified atom stereocenters. The number of amides is 1. The van der Waals surface area contributed by atoms with E-state index in [4.69, 9.17) is 17.1 Å². The first-order valence-corrected chi connectivity index (χ1v) is 10.00. The van der Waals surface area contributed by atoms with Gasteiger partial charge in [0.25, 0.3) is 0 Å². The predicted octanol–water partition coefficient (Wildman–Crippen LogP) is 5.13. The van der Waals surface area contributed by atoms with E-state index >= 15 is 0 Å². The molecule has 14 heteroatoms. The molecule has 34 heavy (non-hydrogen) atoms. The van der Waals surface area contributed by atoms with Crippen LogP contribution in [0.25, 0.3) is 10.4 Å². The molecular formula is C20H15ClF5N7O. The Hall–Kier alpha value is -3.62. The SMILES string of the molecule is Cc1cc(C(F)(F)F)c(C#N)c(N2CC[C@@H](N=[N+]=[N-])[C@H]2C(=O)N(C)c2cc(Cl)c(F)cc2F)n1. The molecule has 1 amide bonds. The largest absolute Gasteiger partial charge is 0.417 e. The van der Waals surface area contributed by atoms with Gasteiger partial charge < -0.3 is 9.80 Å². The van der Waals surface area contributed by atoms with Crippen LogP contribution in [-0.4, -0.2) is 36.6 Å². The normalized spacial score (nSPS) is 17.8. The number of aromatic nitrogens is 1. The van der Waals surface area contributed by atoms with E-state index in [1.807, 2.05) is 0 Å². The van der Waals surface area contributed by atoms with Crippen molar-refractivity contribution in [2.45, 2.75) is 31.6 Å². The first-order valence-electron chi connectivity index (χ1n) is 9.62. The number of nitrogens with zero attached hydrogens (tertiary/aromatic N) is 7. The lowest BCUT2D eigenvalue weighted by Gasteiger charge is -2.31. The molecule has 1 aromatic carbocycles. The number of anilines is 2. The van der Waals surface area contributed by atoms with E-state index in [0.29, 0.717) is 12.1 Å². The highest BCUT2D eigenvalue weighted by Crippen LogP contribution is 2.38. The fourth-order valence-corrected chi connectivity index (χ4v) is 3.94. The fraction of sp³-hybridized carbons (Fsp3) is 0.350. The van der Waals surface area contributed by atoms with Gasteiger partial charge in [0.15, 0.2) is 0 Å². The summed E-state index contributed by atoms with van der Waals surface area (Å²) in [6.45, 7) is 1.21. The van der Waals surface area contributed by atoms with Gasteiger partial charge in [0.05, 0.1) is 22.3 Å². The molecule has 1 saturated heterocycles. The zero-order valence-corrected chi connectivity index (χ0v) is 18.4. The number of azide groups is 1. The zero-order valence-electron chi connectivity index (χ0n) is 17.6. The Balaban J connectivity index is 2.14. The summed E-state index contributed by atoms with van der Waals surface area (Å²) in [4.78, 5) is 22.1. The molecule has 0 bridgehead atoms. The van der Waals surface area contributed by atoms with Crippen molar-refractivity contribution in [3.05, 3.63) is 62.1 Å². The van der Waals surface area contributed by atoms with Crippen molar-refractivity contribution in [2.75, 3.05) is 23.4 Å². The summed E-state index contributed by atoms with van der Waals surface area (Å²) in [5, 5.41) is 12.6. The second-order valence-electron chi connectivity index (χ2n) is 7.43. The van der Waals surface area contributed by atoms with Crippen LogP contribution in [0.2, 0.25) is 5.02 Å². The minimum atomic E-state index is -4.87. The van der Waals surface area contributed by atoms with Gasteiger partial charge in [-0.3, -0.25) is 4.79 Å². The highest BCUT2D eigenvalue weighted by Gasteiger charge is 2.44. The Morgan fingerprint density at radius 3 is 2.62 bits per heavy atom. The summed E-state index contributed by atoms with van der Waals surface area (Å²) in [7, 11) is 1.15. The van der Waals surface area contributed by atoms with Crippen molar-refractivity contribution < 1.29 is 26.7 Å². The highest BCUT2D eigenvalue weighted by molar-refractivity contribution is 6.31. The second-order valence-corrected chi connectivity index (χ2v) is 7.84. The van der Waals surface area contributed by atoms with E-state index < -0.39 is 63.5 Å². The monoisotopic (exact) mass is 499 g/mol. The van der Waals surface area contributed by atoms with Gasteiger partial charge >= 0.3 is 6.18 Å². The van der Waals surface area contributed by atoms with Gasteiger partial charge in [-0.1, -0.05) is 16.7 Å². The topological polar surface area (TPSA) is 109 Å². The summed E-state index contributed by atoms with van der Waals surface area (Å²) in [5.74, 6) is -3.49. The Bertz CT molecular complexity index is 1240. The van der Waals surface area contributed by atoms with Crippen LogP contribution in [0.1, 0.15) is 23.2 Å². The molecule has 2 aromatic rings. The lowest BCUT2D eigenvalue weighted by molar-refractivity contribution is -0.137. The maximum absolute atomic E-state index is 14.4. The minimum Gasteiger partial charge on any atom is -0.343 e. The van der Waals surface area contributed by atoms with Gasteiger partial charge in [0.1, 0.15) is 35.1 Å². The summed E-state index contributed by atoms with van der Waals surface area (Å²) in [5.41, 5.74) is 6.41. The van der Waals surface area contributed by atoms with Gasteiger partial charge in [-0.25, -0.2) is 13.8 Å². The average molecular weight is 500 g/mol. The third-order valence-electron chi connectivity index (χ3n) is 5.32. The first kappa shape index (κ1) is 25.0. The highest BCUT2D eigenvalue weighted by atomic mass is 35.5. The first-order chi connectivity index (χ1) is 15.9. The van der Waals surface area contributed by atoms with Crippen LogP contribution in [-0.2, 0) is 11.0 Å². The van der Waals surface area contributed by atoms with Crippen LogP contribution in [0.4, 0.5) is 33.5 Å². The van der Waals surface area contributed by atoms with Crippen LogP contribution in [0.3, 0.4) is 0 Å². The quantitative estimate of drug-likeness (QED) is 0.191. The molecule has 8 nitrogen and oxygen atoms in total. The molecular weight excluding hydrogens is 485 g/mol. The number of alkyl halides is 3. The number of halogens is 6. The van der Waals surface area contributed by atoms with Crippen molar-refractivity contribution in [3.63, 3.8) is 0 Å². The summed E-state index contributed by atoms with van der Waals surface area (Å²) in [6, 6.07) is 1.06. The predicted molar refractivity (Wildman–Crippen MR) is 112 cm³/mol. The lowest BCUT2D eigenvalue weighted by Crippen LogP contribution is -2.49. The molecule has 1 aromatic heterocycles. The van der Waals surface area contributed by atoms with E-state index in [0.717, 1.165) is 22.9 Å². The molecule has 3 rings (SSSR count). The zero-order chi connectivity index (χ0) is 25.4. The number of nitriles is 1. The van der Waals surface area contributed by atoms with Crippen LogP contribution >= 0.6 is 11.6 Å². The standard InChI is InChI=1S/C20H15ClF5N7O/c1-9-5-11(20(24,25)26)10(8-27)18(29-9)33-4-3-15(30-31-28)17(33)19(34)32(2)16-6-12(21)13(22)7-14(16)23/h5-7,15,17H,3-4H2,1-2H3/t15-,17+/m1/s1. The van der Waals surface area contributed by atoms with Crippen molar-refractivity contribution >= 4 is 29.0 Å². The van der Waals surface area contributed by atoms with E-state index in [9.17, 15) is 32.0 Å². The van der Waals surface area contributed by atoms with Gasteiger partial charge in [0.2, 0.25) is 5.91 Å². The lowest BCUT2D eigenvalue weighted by atomic mass is 10.1. The van der Waals surface area contributed by atoms with Crippen molar-refractivity contribution in [1.82, 2.24) is 4.98 Å². The summed E-state index contributed by atoms with van der Waals surface area (Å²) < 4.78 is 68.7. The smallest absolute Gasteiger partial charge is 0.343 e. The number of pyridine rings is 1. The molecule has 1 aliphatic heterocycles. The number of benzene rings is 1. The average Bonchev–Trinajstić information content (AvgIpc) is 3.17.